The topological polar surface area (TPSA) is 20.2 Å². The summed E-state index contributed by atoms with van der Waals surface area (Å²) in [7, 11) is 0. The Kier molecular flexibility index (Phi) is 5.30. The van der Waals surface area contributed by atoms with Crippen molar-refractivity contribution in [2.45, 2.75) is 71.8 Å². The fourth-order valence-electron chi connectivity index (χ4n) is 4.55. The van der Waals surface area contributed by atoms with Crippen molar-refractivity contribution in [1.29, 1.82) is 0 Å². The van der Waals surface area contributed by atoms with Crippen molar-refractivity contribution in [2.75, 3.05) is 0 Å². The van der Waals surface area contributed by atoms with Gasteiger partial charge in [-0.25, -0.2) is 0 Å². The van der Waals surface area contributed by atoms with Crippen LogP contribution >= 0.6 is 0 Å². The Bertz CT molecular complexity index is 621. The first-order valence-electron chi connectivity index (χ1n) is 9.70. The minimum atomic E-state index is -0.455. The largest absolute Gasteiger partial charge is 0.388 e. The zero-order valence-corrected chi connectivity index (χ0v) is 15.5. The van der Waals surface area contributed by atoms with Crippen LogP contribution in [0.4, 0.5) is 0 Å². The van der Waals surface area contributed by atoms with Crippen molar-refractivity contribution in [1.82, 2.24) is 0 Å². The molecular formula is C23H32O. The van der Waals surface area contributed by atoms with Crippen molar-refractivity contribution in [3.8, 4) is 0 Å². The second kappa shape index (κ2) is 7.27. The molecule has 1 aromatic rings. The molecule has 0 amide bonds. The summed E-state index contributed by atoms with van der Waals surface area (Å²) in [5.41, 5.74) is 5.70. The number of unbranched alkanes of at least 4 members (excludes halogenated alkanes) is 1. The highest BCUT2D eigenvalue weighted by Gasteiger charge is 2.35. The summed E-state index contributed by atoms with van der Waals surface area (Å²) in [4.78, 5) is 0. The SMILES string of the molecule is CCCCC1=C2CCCC2C/C1=C\C(C)(C)C(O)c1ccccc1. The molecule has 1 N–H and O–H groups in total. The van der Waals surface area contributed by atoms with Gasteiger partial charge in [0.2, 0.25) is 0 Å². The molecule has 24 heavy (non-hydrogen) atoms. The van der Waals surface area contributed by atoms with E-state index in [9.17, 15) is 5.11 Å². The maximum absolute atomic E-state index is 10.9. The van der Waals surface area contributed by atoms with Gasteiger partial charge in [-0.15, -0.1) is 0 Å². The third kappa shape index (κ3) is 3.52. The van der Waals surface area contributed by atoms with E-state index in [1.807, 2.05) is 30.3 Å². The Morgan fingerprint density at radius 2 is 2.00 bits per heavy atom. The highest BCUT2D eigenvalue weighted by Crippen LogP contribution is 2.49. The lowest BCUT2D eigenvalue weighted by atomic mass is 9.79. The Hall–Kier alpha value is -1.34. The zero-order valence-electron chi connectivity index (χ0n) is 15.5. The smallest absolute Gasteiger partial charge is 0.0875 e. The Morgan fingerprint density at radius 3 is 2.71 bits per heavy atom. The minimum absolute atomic E-state index is 0.243. The van der Waals surface area contributed by atoms with Crippen LogP contribution in [0.5, 0.6) is 0 Å². The van der Waals surface area contributed by atoms with Crippen LogP contribution in [0.2, 0.25) is 0 Å². The van der Waals surface area contributed by atoms with Crippen molar-refractivity contribution < 1.29 is 5.11 Å². The van der Waals surface area contributed by atoms with E-state index < -0.39 is 6.10 Å². The molecule has 130 valence electrons. The number of hydrogen-bond donors (Lipinski definition) is 1. The molecule has 0 aromatic heterocycles. The van der Waals surface area contributed by atoms with E-state index in [0.29, 0.717) is 0 Å². The monoisotopic (exact) mass is 324 g/mol. The molecule has 2 aliphatic rings. The molecule has 1 saturated carbocycles. The Balaban J connectivity index is 1.87. The lowest BCUT2D eigenvalue weighted by Gasteiger charge is -2.29. The van der Waals surface area contributed by atoms with Crippen molar-refractivity contribution >= 4 is 0 Å². The lowest BCUT2D eigenvalue weighted by Crippen LogP contribution is -2.20. The maximum Gasteiger partial charge on any atom is 0.0875 e. The number of aliphatic hydroxyl groups excluding tert-OH is 1. The van der Waals surface area contributed by atoms with E-state index in [1.54, 1.807) is 11.1 Å². The Morgan fingerprint density at radius 1 is 1.25 bits per heavy atom. The predicted octanol–water partition coefficient (Wildman–Crippen LogP) is 6.36. The summed E-state index contributed by atoms with van der Waals surface area (Å²) in [6, 6.07) is 10.1. The molecule has 0 saturated heterocycles. The standard InChI is InChI=1S/C23H32O/c1-4-5-13-21-19(15-18-12-9-14-20(18)21)16-23(2,3)22(24)17-10-7-6-8-11-17/h6-8,10-11,16,18,22,24H,4-5,9,12-15H2,1-3H3/b19-16+. The average Bonchev–Trinajstić information content (AvgIpc) is 3.14. The maximum atomic E-state index is 10.9. The molecule has 1 fully saturated rings. The van der Waals surface area contributed by atoms with E-state index in [-0.39, 0.29) is 5.41 Å². The highest BCUT2D eigenvalue weighted by atomic mass is 16.3. The molecule has 1 nitrogen and oxygen atoms in total. The molecule has 0 heterocycles. The third-order valence-corrected chi connectivity index (χ3v) is 5.88. The number of benzene rings is 1. The summed E-state index contributed by atoms with van der Waals surface area (Å²) >= 11 is 0. The van der Waals surface area contributed by atoms with Gasteiger partial charge >= 0.3 is 0 Å². The van der Waals surface area contributed by atoms with Gasteiger partial charge in [-0.3, -0.25) is 0 Å². The molecule has 3 rings (SSSR count). The second-order valence-corrected chi connectivity index (χ2v) is 8.20. The molecule has 2 unspecified atom stereocenters. The van der Waals surface area contributed by atoms with Crippen LogP contribution in [0.3, 0.4) is 0 Å². The molecule has 0 spiro atoms. The summed E-state index contributed by atoms with van der Waals surface area (Å²) in [5, 5.41) is 10.9. The molecule has 1 aromatic carbocycles. The fourth-order valence-corrected chi connectivity index (χ4v) is 4.55. The summed E-state index contributed by atoms with van der Waals surface area (Å²) in [5.74, 6) is 0.799. The number of allylic oxidation sites excluding steroid dienone is 3. The molecule has 0 bridgehead atoms. The predicted molar refractivity (Wildman–Crippen MR) is 102 cm³/mol. The Labute approximate surface area is 147 Å². The van der Waals surface area contributed by atoms with Gasteiger partial charge in [0.25, 0.3) is 0 Å². The zero-order chi connectivity index (χ0) is 17.2. The molecular weight excluding hydrogens is 292 g/mol. The molecule has 0 aliphatic heterocycles. The van der Waals surface area contributed by atoms with E-state index in [4.69, 9.17) is 0 Å². The van der Waals surface area contributed by atoms with E-state index in [2.05, 4.69) is 26.8 Å². The molecule has 2 aliphatic carbocycles. The van der Waals surface area contributed by atoms with Crippen LogP contribution in [0.15, 0.2) is 53.1 Å². The second-order valence-electron chi connectivity index (χ2n) is 8.20. The van der Waals surface area contributed by atoms with Gasteiger partial charge in [0.15, 0.2) is 0 Å². The summed E-state index contributed by atoms with van der Waals surface area (Å²) < 4.78 is 0. The van der Waals surface area contributed by atoms with Crippen molar-refractivity contribution in [3.63, 3.8) is 0 Å². The van der Waals surface area contributed by atoms with E-state index in [0.717, 1.165) is 11.5 Å². The van der Waals surface area contributed by atoms with Gasteiger partial charge in [-0.2, -0.15) is 0 Å². The van der Waals surface area contributed by atoms with Crippen LogP contribution in [0.1, 0.15) is 77.4 Å². The van der Waals surface area contributed by atoms with E-state index >= 15 is 0 Å². The van der Waals surface area contributed by atoms with Gasteiger partial charge in [0.05, 0.1) is 6.10 Å². The first-order valence-corrected chi connectivity index (χ1v) is 9.70. The normalized spacial score (nSPS) is 23.8. The van der Waals surface area contributed by atoms with Crippen LogP contribution in [-0.2, 0) is 0 Å². The summed E-state index contributed by atoms with van der Waals surface area (Å²) in [6.07, 6.45) is 11.0. The van der Waals surface area contributed by atoms with Gasteiger partial charge < -0.3 is 5.11 Å². The number of hydrogen-bond acceptors (Lipinski definition) is 1. The first-order chi connectivity index (χ1) is 11.5. The van der Waals surface area contributed by atoms with Gasteiger partial charge in [-0.05, 0) is 61.2 Å². The van der Waals surface area contributed by atoms with Crippen LogP contribution in [0, 0.1) is 11.3 Å². The number of aliphatic hydroxyl groups is 1. The first kappa shape index (κ1) is 17.5. The average molecular weight is 325 g/mol. The van der Waals surface area contributed by atoms with Crippen LogP contribution in [-0.4, -0.2) is 5.11 Å². The number of fused-ring (bicyclic) bond motifs is 1. The van der Waals surface area contributed by atoms with Crippen LogP contribution in [0.25, 0.3) is 0 Å². The fraction of sp³-hybridized carbons (Fsp3) is 0.565. The molecule has 2 atom stereocenters. The van der Waals surface area contributed by atoms with Crippen molar-refractivity contribution in [2.24, 2.45) is 11.3 Å². The highest BCUT2D eigenvalue weighted by molar-refractivity contribution is 5.45. The molecule has 1 heteroatoms. The molecule has 0 radical (unpaired) electrons. The van der Waals surface area contributed by atoms with Gasteiger partial charge in [0.1, 0.15) is 0 Å². The van der Waals surface area contributed by atoms with Gasteiger partial charge in [-0.1, -0.05) is 69.2 Å². The van der Waals surface area contributed by atoms with Crippen molar-refractivity contribution in [3.05, 3.63) is 58.7 Å². The quantitative estimate of drug-likeness (QED) is 0.645. The van der Waals surface area contributed by atoms with E-state index in [1.165, 1.54) is 50.5 Å². The third-order valence-electron chi connectivity index (χ3n) is 5.88. The van der Waals surface area contributed by atoms with Crippen LogP contribution < -0.4 is 0 Å². The van der Waals surface area contributed by atoms with Gasteiger partial charge in [0, 0.05) is 5.41 Å². The number of rotatable bonds is 6. The minimum Gasteiger partial charge on any atom is -0.388 e. The summed E-state index contributed by atoms with van der Waals surface area (Å²) in [6.45, 7) is 6.63. The lowest BCUT2D eigenvalue weighted by molar-refractivity contribution is 0.0814.